The SMILES string of the molecule is O=C(/C=C(\O)C(F)(F)F)c1ccc2ccccc2c1.O=C(/C=C(\O)C(F)(F)F)c1ccc2ccccc2c1.[Cu]. The normalized spacial score (nSPS) is 12.4. The number of halogens is 6. The van der Waals surface area contributed by atoms with E-state index in [4.69, 9.17) is 10.2 Å². The number of allylic oxidation sites excluding steroid dienone is 4. The van der Waals surface area contributed by atoms with Crippen LogP contribution in [0.15, 0.2) is 109 Å². The standard InChI is InChI=1S/2C14H9F3O2.Cu/c2*15-14(16,17)13(19)8-12(18)11-6-5-9-3-1-2-4-10(9)7-11;/h2*1-8,19H;/b2*13-8-;. The smallest absolute Gasteiger partial charge is 0.448 e. The van der Waals surface area contributed by atoms with Gasteiger partial charge in [0.2, 0.25) is 11.5 Å². The van der Waals surface area contributed by atoms with Crippen molar-refractivity contribution < 1.29 is 63.2 Å². The van der Waals surface area contributed by atoms with Gasteiger partial charge in [0.05, 0.1) is 0 Å². The summed E-state index contributed by atoms with van der Waals surface area (Å²) in [4.78, 5) is 23.2. The summed E-state index contributed by atoms with van der Waals surface area (Å²) in [6.45, 7) is 0. The summed E-state index contributed by atoms with van der Waals surface area (Å²) < 4.78 is 72.6. The molecule has 4 rings (SSSR count). The zero-order valence-electron chi connectivity index (χ0n) is 19.5. The number of rotatable bonds is 4. The van der Waals surface area contributed by atoms with Gasteiger partial charge in [0.15, 0.2) is 11.6 Å². The minimum Gasteiger partial charge on any atom is -0.504 e. The summed E-state index contributed by atoms with van der Waals surface area (Å²) in [7, 11) is 0. The molecule has 4 aromatic carbocycles. The van der Waals surface area contributed by atoms with E-state index in [-0.39, 0.29) is 40.3 Å². The molecular formula is C28H18CuF6O4. The number of alkyl halides is 6. The third kappa shape index (κ3) is 8.46. The summed E-state index contributed by atoms with van der Waals surface area (Å²) >= 11 is 0. The van der Waals surface area contributed by atoms with Gasteiger partial charge in [0.25, 0.3) is 0 Å². The van der Waals surface area contributed by atoms with Gasteiger partial charge in [-0.05, 0) is 33.7 Å². The Kier molecular flexibility index (Phi) is 10.1. The van der Waals surface area contributed by atoms with Crippen LogP contribution in [0.5, 0.6) is 0 Å². The number of carbonyl (C=O) groups excluding carboxylic acids is 2. The number of benzene rings is 4. The molecule has 0 unspecified atom stereocenters. The summed E-state index contributed by atoms with van der Waals surface area (Å²) in [5, 5.41) is 20.7. The van der Waals surface area contributed by atoms with Gasteiger partial charge in [-0.3, -0.25) is 9.59 Å². The van der Waals surface area contributed by atoms with Crippen LogP contribution in [0.1, 0.15) is 20.7 Å². The summed E-state index contributed by atoms with van der Waals surface area (Å²) in [6.07, 6.45) is -9.45. The maximum absolute atomic E-state index is 12.1. The Labute approximate surface area is 228 Å². The molecule has 0 aliphatic rings. The van der Waals surface area contributed by atoms with Gasteiger partial charge >= 0.3 is 12.4 Å². The molecule has 0 aliphatic carbocycles. The number of carbonyl (C=O) groups is 2. The first-order chi connectivity index (χ1) is 17.8. The Morgan fingerprint density at radius 3 is 1.15 bits per heavy atom. The molecule has 0 fully saturated rings. The van der Waals surface area contributed by atoms with E-state index in [0.717, 1.165) is 21.5 Å². The minimum absolute atomic E-state index is 0. The maximum atomic E-state index is 12.1. The molecule has 39 heavy (non-hydrogen) atoms. The third-order valence-electron chi connectivity index (χ3n) is 5.18. The quantitative estimate of drug-likeness (QED) is 0.0823. The number of ketones is 2. The van der Waals surface area contributed by atoms with Gasteiger partial charge in [0, 0.05) is 40.3 Å². The minimum atomic E-state index is -4.91. The Morgan fingerprint density at radius 1 is 0.538 bits per heavy atom. The van der Waals surface area contributed by atoms with E-state index >= 15 is 0 Å². The summed E-state index contributed by atoms with van der Waals surface area (Å²) in [6, 6.07) is 23.4. The zero-order chi connectivity index (χ0) is 28.1. The Hall–Kier alpha value is -4.08. The molecule has 0 heterocycles. The van der Waals surface area contributed by atoms with Crippen molar-refractivity contribution in [3.63, 3.8) is 0 Å². The van der Waals surface area contributed by atoms with E-state index in [1.165, 1.54) is 24.3 Å². The van der Waals surface area contributed by atoms with Crippen LogP contribution >= 0.6 is 0 Å². The van der Waals surface area contributed by atoms with E-state index in [1.807, 2.05) is 24.3 Å². The largest absolute Gasteiger partial charge is 0.504 e. The molecule has 0 amide bonds. The molecule has 0 saturated heterocycles. The van der Waals surface area contributed by atoms with Crippen LogP contribution in [0.2, 0.25) is 0 Å². The molecule has 207 valence electrons. The molecule has 2 N–H and O–H groups in total. The predicted octanol–water partition coefficient (Wildman–Crippen LogP) is 8.05. The Balaban J connectivity index is 0.000000267. The van der Waals surface area contributed by atoms with Gasteiger partial charge in [-0.1, -0.05) is 72.8 Å². The Bertz CT molecular complexity index is 1440. The van der Waals surface area contributed by atoms with Crippen molar-refractivity contribution in [3.8, 4) is 0 Å². The number of aliphatic hydroxyl groups is 2. The fourth-order valence-corrected chi connectivity index (χ4v) is 3.26. The van der Waals surface area contributed by atoms with Crippen molar-refractivity contribution in [2.45, 2.75) is 12.4 Å². The zero-order valence-corrected chi connectivity index (χ0v) is 20.5. The molecule has 0 aliphatic heterocycles. The van der Waals surface area contributed by atoms with E-state index in [1.54, 1.807) is 36.4 Å². The number of hydrogen-bond acceptors (Lipinski definition) is 4. The molecule has 0 aromatic heterocycles. The van der Waals surface area contributed by atoms with Gasteiger partial charge < -0.3 is 10.2 Å². The molecule has 4 aromatic rings. The van der Waals surface area contributed by atoms with Crippen molar-refractivity contribution in [1.82, 2.24) is 0 Å². The van der Waals surface area contributed by atoms with Crippen molar-refractivity contribution in [2.75, 3.05) is 0 Å². The van der Waals surface area contributed by atoms with Crippen molar-refractivity contribution >= 4 is 33.1 Å². The van der Waals surface area contributed by atoms with Crippen LogP contribution in [0.25, 0.3) is 21.5 Å². The van der Waals surface area contributed by atoms with E-state index in [9.17, 15) is 35.9 Å². The van der Waals surface area contributed by atoms with Gasteiger partial charge in [-0.25, -0.2) is 0 Å². The fraction of sp³-hybridized carbons (Fsp3) is 0.0714. The first kappa shape index (κ1) is 31.1. The molecule has 0 spiro atoms. The summed E-state index contributed by atoms with van der Waals surface area (Å²) in [5.41, 5.74) is 0.184. The Morgan fingerprint density at radius 2 is 0.846 bits per heavy atom. The van der Waals surface area contributed by atoms with Crippen LogP contribution in [-0.4, -0.2) is 34.1 Å². The molecule has 0 bridgehead atoms. The van der Waals surface area contributed by atoms with Crippen LogP contribution < -0.4 is 0 Å². The third-order valence-corrected chi connectivity index (χ3v) is 5.18. The van der Waals surface area contributed by atoms with Crippen molar-refractivity contribution in [3.05, 3.63) is 120 Å². The van der Waals surface area contributed by atoms with Crippen LogP contribution in [0.3, 0.4) is 0 Å². The second kappa shape index (κ2) is 12.6. The van der Waals surface area contributed by atoms with E-state index in [0.29, 0.717) is 0 Å². The first-order valence-electron chi connectivity index (χ1n) is 10.8. The molecule has 0 saturated carbocycles. The molecule has 11 heteroatoms. The average molecular weight is 596 g/mol. The molecule has 1 radical (unpaired) electrons. The number of fused-ring (bicyclic) bond motifs is 2. The average Bonchev–Trinajstić information content (AvgIpc) is 2.87. The summed E-state index contributed by atoms with van der Waals surface area (Å²) in [5.74, 6) is -5.57. The monoisotopic (exact) mass is 595 g/mol. The van der Waals surface area contributed by atoms with Gasteiger partial charge in [0.1, 0.15) is 0 Å². The topological polar surface area (TPSA) is 74.6 Å². The van der Waals surface area contributed by atoms with Crippen molar-refractivity contribution in [1.29, 1.82) is 0 Å². The van der Waals surface area contributed by atoms with Gasteiger partial charge in [-0.2, -0.15) is 26.3 Å². The number of hydrogen-bond donors (Lipinski definition) is 2. The maximum Gasteiger partial charge on any atom is 0.448 e. The predicted molar refractivity (Wildman–Crippen MR) is 130 cm³/mol. The molecular weight excluding hydrogens is 578 g/mol. The first-order valence-corrected chi connectivity index (χ1v) is 10.8. The second-order valence-electron chi connectivity index (χ2n) is 7.91. The molecule has 4 nitrogen and oxygen atoms in total. The second-order valence-corrected chi connectivity index (χ2v) is 7.91. The van der Waals surface area contributed by atoms with Crippen molar-refractivity contribution in [2.24, 2.45) is 0 Å². The van der Waals surface area contributed by atoms with Gasteiger partial charge in [-0.15, -0.1) is 0 Å². The number of aliphatic hydroxyl groups excluding tert-OH is 2. The van der Waals surface area contributed by atoms with E-state index in [2.05, 4.69) is 0 Å². The fourth-order valence-electron chi connectivity index (χ4n) is 3.26. The molecule has 0 atom stereocenters. The van der Waals surface area contributed by atoms with Crippen LogP contribution in [-0.2, 0) is 17.1 Å². The van der Waals surface area contributed by atoms with Crippen LogP contribution in [0, 0.1) is 0 Å². The van der Waals surface area contributed by atoms with Crippen LogP contribution in [0.4, 0.5) is 26.3 Å². The van der Waals surface area contributed by atoms with E-state index < -0.39 is 35.4 Å².